The lowest BCUT2D eigenvalue weighted by Crippen LogP contribution is -2.60. The van der Waals surface area contributed by atoms with Gasteiger partial charge in [0.1, 0.15) is 17.7 Å². The van der Waals surface area contributed by atoms with Crippen LogP contribution in [-0.4, -0.2) is 77.6 Å². The quantitative estimate of drug-likeness (QED) is 0.376. The van der Waals surface area contributed by atoms with Gasteiger partial charge in [0.25, 0.3) is 0 Å². The van der Waals surface area contributed by atoms with Crippen LogP contribution in [0.3, 0.4) is 0 Å². The molecule has 9 heteroatoms. The Hall–Kier alpha value is -2.58. The minimum atomic E-state index is -0.843. The lowest BCUT2D eigenvalue weighted by Gasteiger charge is -2.40. The first kappa shape index (κ1) is 32.4. The van der Waals surface area contributed by atoms with Gasteiger partial charge in [0.2, 0.25) is 11.8 Å². The number of hydrogen-bond acceptors (Lipinski definition) is 6. The molecule has 1 rings (SSSR count). The van der Waals surface area contributed by atoms with E-state index in [1.54, 1.807) is 52.6 Å². The molecule has 0 bridgehead atoms. The number of ether oxygens (including phenoxy) is 2. The number of carbonyl (C=O) groups excluding carboxylic acids is 4. The lowest BCUT2D eigenvalue weighted by molar-refractivity contribution is -0.142. The Bertz CT molecular complexity index is 853. The van der Waals surface area contributed by atoms with Crippen LogP contribution in [0, 0.1) is 11.3 Å². The number of amides is 3. The third-order valence-corrected chi connectivity index (χ3v) is 6.33. The minimum absolute atomic E-state index is 0.00986. The van der Waals surface area contributed by atoms with Crippen molar-refractivity contribution in [3.05, 3.63) is 11.6 Å². The largest absolute Gasteiger partial charge is 0.463 e. The Morgan fingerprint density at radius 1 is 1.08 bits per heavy atom. The van der Waals surface area contributed by atoms with Gasteiger partial charge in [-0.25, -0.2) is 9.59 Å². The normalized spacial score (nSPS) is 18.6. The van der Waals surface area contributed by atoms with E-state index in [9.17, 15) is 19.2 Å². The number of hydrogen-bond donors (Lipinski definition) is 1. The highest BCUT2D eigenvalue weighted by molar-refractivity contribution is 5.92. The van der Waals surface area contributed by atoms with Crippen molar-refractivity contribution in [3.63, 3.8) is 0 Å². The fourth-order valence-electron chi connectivity index (χ4n) is 4.30. The monoisotopic (exact) mass is 523 g/mol. The highest BCUT2D eigenvalue weighted by Gasteiger charge is 2.41. The summed E-state index contributed by atoms with van der Waals surface area (Å²) < 4.78 is 10.6. The molecule has 1 aliphatic heterocycles. The smallest absolute Gasteiger partial charge is 0.410 e. The number of nitrogens with zero attached hydrogens (tertiary/aromatic N) is 2. The molecule has 212 valence electrons. The third-order valence-electron chi connectivity index (χ3n) is 6.33. The predicted molar refractivity (Wildman–Crippen MR) is 144 cm³/mol. The minimum Gasteiger partial charge on any atom is -0.463 e. The summed E-state index contributed by atoms with van der Waals surface area (Å²) in [6, 6.07) is -1.94. The van der Waals surface area contributed by atoms with Crippen molar-refractivity contribution in [3.8, 4) is 0 Å². The van der Waals surface area contributed by atoms with Crippen molar-refractivity contribution in [2.45, 2.75) is 112 Å². The summed E-state index contributed by atoms with van der Waals surface area (Å²) in [6.07, 6.45) is 3.31. The first-order chi connectivity index (χ1) is 16.9. The van der Waals surface area contributed by atoms with Gasteiger partial charge in [-0.15, -0.1) is 0 Å². The van der Waals surface area contributed by atoms with Crippen molar-refractivity contribution in [2.75, 3.05) is 20.2 Å². The van der Waals surface area contributed by atoms with E-state index in [2.05, 4.69) is 5.32 Å². The molecule has 0 aromatic carbocycles. The highest BCUT2D eigenvalue weighted by Crippen LogP contribution is 2.26. The molecule has 1 N–H and O–H groups in total. The number of likely N-dealkylation sites (tertiary alicyclic amines) is 1. The van der Waals surface area contributed by atoms with Gasteiger partial charge < -0.3 is 19.7 Å². The van der Waals surface area contributed by atoms with Gasteiger partial charge in [0, 0.05) is 19.2 Å². The molecule has 1 aliphatic rings. The van der Waals surface area contributed by atoms with Crippen LogP contribution in [0.15, 0.2) is 11.6 Å². The summed E-state index contributed by atoms with van der Waals surface area (Å²) in [6.45, 7) is 19.1. The number of carbonyl (C=O) groups is 4. The van der Waals surface area contributed by atoms with Gasteiger partial charge in [-0.3, -0.25) is 14.5 Å². The molecule has 0 radical (unpaired) electrons. The first-order valence-corrected chi connectivity index (χ1v) is 13.3. The molecular formula is C28H49N3O6. The zero-order valence-corrected chi connectivity index (χ0v) is 24.8. The van der Waals surface area contributed by atoms with Crippen LogP contribution in [0.5, 0.6) is 0 Å². The molecule has 1 fully saturated rings. The number of nitrogens with one attached hydrogen (secondary N) is 1. The van der Waals surface area contributed by atoms with Crippen LogP contribution in [0.25, 0.3) is 0 Å². The maximum Gasteiger partial charge on any atom is 0.410 e. The molecule has 1 heterocycles. The maximum atomic E-state index is 13.8. The van der Waals surface area contributed by atoms with Crippen LogP contribution < -0.4 is 5.32 Å². The fraction of sp³-hybridized carbons (Fsp3) is 0.786. The Balaban J connectivity index is 3.20. The molecule has 2 unspecified atom stereocenters. The van der Waals surface area contributed by atoms with E-state index in [1.807, 2.05) is 34.6 Å². The molecule has 0 spiro atoms. The van der Waals surface area contributed by atoms with Gasteiger partial charge in [-0.05, 0) is 65.2 Å². The fourth-order valence-corrected chi connectivity index (χ4v) is 4.30. The van der Waals surface area contributed by atoms with Crippen LogP contribution in [0.4, 0.5) is 4.79 Å². The van der Waals surface area contributed by atoms with Gasteiger partial charge in [0.05, 0.1) is 12.6 Å². The van der Waals surface area contributed by atoms with Crippen molar-refractivity contribution in [1.82, 2.24) is 15.1 Å². The molecule has 1 saturated heterocycles. The Morgan fingerprint density at radius 2 is 1.68 bits per heavy atom. The molecule has 0 saturated carbocycles. The molecule has 0 aromatic heterocycles. The lowest BCUT2D eigenvalue weighted by atomic mass is 9.84. The van der Waals surface area contributed by atoms with Crippen LogP contribution in [-0.2, 0) is 23.9 Å². The van der Waals surface area contributed by atoms with Crippen molar-refractivity contribution in [1.29, 1.82) is 0 Å². The van der Waals surface area contributed by atoms with Gasteiger partial charge in [-0.1, -0.05) is 40.7 Å². The Kier molecular flexibility index (Phi) is 11.7. The van der Waals surface area contributed by atoms with E-state index >= 15 is 0 Å². The van der Waals surface area contributed by atoms with Crippen LogP contribution >= 0.6 is 0 Å². The molecule has 3 amide bonds. The number of rotatable bonds is 8. The molecule has 3 atom stereocenters. The molecule has 37 heavy (non-hydrogen) atoms. The van der Waals surface area contributed by atoms with E-state index in [-0.39, 0.29) is 30.4 Å². The van der Waals surface area contributed by atoms with E-state index < -0.39 is 35.2 Å². The standard InChI is InChI=1S/C28H49N3O6/c1-12-36-25(34)19(4)17-21(18(2)3)30(11)24(33)22(27(5,6)7)29-23(32)20-15-13-14-16-31(20)26(35)37-28(8,9)10/h17-18,20-22H,12-16H2,1-11H3,(H,29,32)/b19-17+/t20?,21-,22?/m1/s1. The highest BCUT2D eigenvalue weighted by atomic mass is 16.6. The second-order valence-corrected chi connectivity index (χ2v) is 12.2. The summed E-state index contributed by atoms with van der Waals surface area (Å²) in [5.41, 5.74) is -0.858. The predicted octanol–water partition coefficient (Wildman–Crippen LogP) is 4.30. The topological polar surface area (TPSA) is 105 Å². The zero-order chi connectivity index (χ0) is 28.7. The van der Waals surface area contributed by atoms with Crippen molar-refractivity contribution in [2.24, 2.45) is 11.3 Å². The summed E-state index contributed by atoms with van der Waals surface area (Å²) in [5, 5.41) is 2.95. The van der Waals surface area contributed by atoms with Gasteiger partial charge in [-0.2, -0.15) is 0 Å². The summed E-state index contributed by atoms with van der Waals surface area (Å²) in [7, 11) is 1.68. The second-order valence-electron chi connectivity index (χ2n) is 12.2. The van der Waals surface area contributed by atoms with Crippen LogP contribution in [0.1, 0.15) is 88.5 Å². The van der Waals surface area contributed by atoms with E-state index in [0.717, 1.165) is 12.8 Å². The average molecular weight is 524 g/mol. The average Bonchev–Trinajstić information content (AvgIpc) is 2.77. The van der Waals surface area contributed by atoms with Gasteiger partial charge >= 0.3 is 12.1 Å². The molecule has 0 aromatic rings. The molecule has 9 nitrogen and oxygen atoms in total. The Morgan fingerprint density at radius 3 is 2.16 bits per heavy atom. The molecular weight excluding hydrogens is 474 g/mol. The van der Waals surface area contributed by atoms with Crippen LogP contribution in [0.2, 0.25) is 0 Å². The van der Waals surface area contributed by atoms with Crippen molar-refractivity contribution < 1.29 is 28.7 Å². The number of piperidine rings is 1. The first-order valence-electron chi connectivity index (χ1n) is 13.3. The zero-order valence-electron chi connectivity index (χ0n) is 24.8. The van der Waals surface area contributed by atoms with Crippen molar-refractivity contribution >= 4 is 23.9 Å². The van der Waals surface area contributed by atoms with Gasteiger partial charge in [0.15, 0.2) is 0 Å². The maximum absolute atomic E-state index is 13.8. The second kappa shape index (κ2) is 13.3. The number of esters is 1. The number of likely N-dealkylation sites (N-methyl/N-ethyl adjacent to an activating group) is 1. The van der Waals surface area contributed by atoms with E-state index in [4.69, 9.17) is 9.47 Å². The van der Waals surface area contributed by atoms with E-state index in [0.29, 0.717) is 18.5 Å². The summed E-state index contributed by atoms with van der Waals surface area (Å²) in [5.74, 6) is -1.05. The SMILES string of the molecule is CCOC(=O)/C(C)=C/[C@H](C(C)C)N(C)C(=O)C(NC(=O)C1CCCCN1C(=O)OC(C)(C)C)C(C)(C)C. The Labute approximate surface area is 223 Å². The summed E-state index contributed by atoms with van der Waals surface area (Å²) >= 11 is 0. The third kappa shape index (κ3) is 9.67. The van der Waals surface area contributed by atoms with E-state index in [1.165, 1.54) is 4.90 Å². The molecule has 0 aliphatic carbocycles. The summed E-state index contributed by atoms with van der Waals surface area (Å²) in [4.78, 5) is 55.4.